The molecule has 1 N–H and O–H groups in total. The molecule has 0 bridgehead atoms. The Morgan fingerprint density at radius 3 is 2.84 bits per heavy atom. The Morgan fingerprint density at radius 1 is 1.32 bits per heavy atom. The minimum Gasteiger partial charge on any atom is -0.497 e. The Labute approximate surface area is 117 Å². The maximum absolute atomic E-state index is 5.27. The summed E-state index contributed by atoms with van der Waals surface area (Å²) >= 11 is 0. The topological polar surface area (TPSA) is 21.3 Å². The van der Waals surface area contributed by atoms with Crippen LogP contribution < -0.4 is 10.1 Å². The van der Waals surface area contributed by atoms with Crippen LogP contribution in [-0.2, 0) is 0 Å². The number of hydrogen-bond donors (Lipinski definition) is 1. The highest BCUT2D eigenvalue weighted by Crippen LogP contribution is 2.28. The monoisotopic (exact) mass is 261 g/mol. The second-order valence-electron chi connectivity index (χ2n) is 5.75. The highest BCUT2D eigenvalue weighted by Gasteiger charge is 2.14. The first-order valence-corrected chi connectivity index (χ1v) is 7.67. The van der Waals surface area contributed by atoms with E-state index in [4.69, 9.17) is 4.74 Å². The Balaban J connectivity index is 1.69. The number of methoxy groups -OCH3 is 1. The Bertz CT molecular complexity index is 371. The molecule has 0 aliphatic heterocycles. The predicted molar refractivity (Wildman–Crippen MR) is 80.6 cm³/mol. The molecule has 2 nitrogen and oxygen atoms in total. The van der Waals surface area contributed by atoms with E-state index in [0.717, 1.165) is 18.2 Å². The van der Waals surface area contributed by atoms with E-state index >= 15 is 0 Å². The minimum absolute atomic E-state index is 0.402. The van der Waals surface area contributed by atoms with E-state index < -0.39 is 0 Å². The molecule has 0 radical (unpaired) electrons. The van der Waals surface area contributed by atoms with E-state index in [0.29, 0.717) is 6.04 Å². The lowest BCUT2D eigenvalue weighted by Crippen LogP contribution is -2.20. The van der Waals surface area contributed by atoms with Gasteiger partial charge in [-0.1, -0.05) is 37.8 Å². The van der Waals surface area contributed by atoms with Crippen molar-refractivity contribution >= 4 is 0 Å². The zero-order valence-electron chi connectivity index (χ0n) is 12.3. The summed E-state index contributed by atoms with van der Waals surface area (Å²) in [7, 11) is 1.72. The average Bonchev–Trinajstić information content (AvgIpc) is 2.96. The average molecular weight is 261 g/mol. The highest BCUT2D eigenvalue weighted by atomic mass is 16.5. The number of ether oxygens (including phenoxy) is 1. The predicted octanol–water partition coefficient (Wildman–Crippen LogP) is 4.32. The molecule has 0 spiro atoms. The summed E-state index contributed by atoms with van der Waals surface area (Å²) < 4.78 is 5.27. The van der Waals surface area contributed by atoms with E-state index in [1.165, 1.54) is 44.1 Å². The first-order valence-electron chi connectivity index (χ1n) is 7.67. The summed E-state index contributed by atoms with van der Waals surface area (Å²) in [5.41, 5.74) is 1.31. The largest absolute Gasteiger partial charge is 0.497 e. The minimum atomic E-state index is 0.402. The normalized spacial score (nSPS) is 17.6. The summed E-state index contributed by atoms with van der Waals surface area (Å²) in [5, 5.41) is 3.62. The lowest BCUT2D eigenvalue weighted by Gasteiger charge is -2.16. The zero-order chi connectivity index (χ0) is 13.5. The first-order chi connectivity index (χ1) is 9.29. The fourth-order valence-electron chi connectivity index (χ4n) is 3.04. The van der Waals surface area contributed by atoms with Crippen molar-refractivity contribution in [1.29, 1.82) is 0 Å². The molecule has 1 saturated carbocycles. The van der Waals surface area contributed by atoms with Gasteiger partial charge in [-0.25, -0.2) is 0 Å². The van der Waals surface area contributed by atoms with E-state index in [9.17, 15) is 0 Å². The van der Waals surface area contributed by atoms with Gasteiger partial charge < -0.3 is 10.1 Å². The van der Waals surface area contributed by atoms with Gasteiger partial charge in [0.1, 0.15) is 5.75 Å². The van der Waals surface area contributed by atoms with Gasteiger partial charge in [-0.05, 0) is 49.9 Å². The SMILES string of the molecule is COc1cccc(C(C)NCCCC2CCCC2)c1. The smallest absolute Gasteiger partial charge is 0.119 e. The second-order valence-corrected chi connectivity index (χ2v) is 5.75. The molecule has 0 heterocycles. The van der Waals surface area contributed by atoms with Gasteiger partial charge in [0.2, 0.25) is 0 Å². The zero-order valence-corrected chi connectivity index (χ0v) is 12.3. The van der Waals surface area contributed by atoms with E-state index in [1.807, 2.05) is 6.07 Å². The molecule has 1 aromatic rings. The molecule has 1 aliphatic carbocycles. The number of hydrogen-bond acceptors (Lipinski definition) is 2. The van der Waals surface area contributed by atoms with E-state index in [2.05, 4.69) is 30.4 Å². The lowest BCUT2D eigenvalue weighted by molar-refractivity contribution is 0.413. The molecule has 1 unspecified atom stereocenters. The molecular formula is C17H27NO. The molecule has 1 aromatic carbocycles. The van der Waals surface area contributed by atoms with Crippen molar-refractivity contribution in [2.45, 2.75) is 51.5 Å². The van der Waals surface area contributed by atoms with Crippen molar-refractivity contribution in [1.82, 2.24) is 5.32 Å². The van der Waals surface area contributed by atoms with Gasteiger partial charge in [-0.2, -0.15) is 0 Å². The van der Waals surface area contributed by atoms with E-state index in [1.54, 1.807) is 7.11 Å². The molecule has 106 valence electrons. The van der Waals surface area contributed by atoms with Gasteiger partial charge in [0.25, 0.3) is 0 Å². The molecule has 1 atom stereocenters. The first kappa shape index (κ1) is 14.4. The van der Waals surface area contributed by atoms with Gasteiger partial charge in [-0.15, -0.1) is 0 Å². The quantitative estimate of drug-likeness (QED) is 0.738. The van der Waals surface area contributed by atoms with Gasteiger partial charge in [0, 0.05) is 6.04 Å². The fraction of sp³-hybridized carbons (Fsp3) is 0.647. The van der Waals surface area contributed by atoms with Gasteiger partial charge >= 0.3 is 0 Å². The maximum Gasteiger partial charge on any atom is 0.119 e. The van der Waals surface area contributed by atoms with E-state index in [-0.39, 0.29) is 0 Å². The molecule has 0 aromatic heterocycles. The summed E-state index contributed by atoms with van der Waals surface area (Å²) in [6.45, 7) is 3.35. The van der Waals surface area contributed by atoms with Crippen LogP contribution in [0.2, 0.25) is 0 Å². The van der Waals surface area contributed by atoms with Crippen molar-refractivity contribution in [3.8, 4) is 5.75 Å². The standard InChI is InChI=1S/C17H27NO/c1-14(16-10-5-11-17(13-16)19-2)18-12-6-9-15-7-3-4-8-15/h5,10-11,13-15,18H,3-4,6-9,12H2,1-2H3. The second kappa shape index (κ2) is 7.54. The van der Waals surface area contributed by atoms with Crippen molar-refractivity contribution in [2.24, 2.45) is 5.92 Å². The van der Waals surface area contributed by atoms with Crippen molar-refractivity contribution in [2.75, 3.05) is 13.7 Å². The molecule has 1 fully saturated rings. The Hall–Kier alpha value is -1.02. The van der Waals surface area contributed by atoms with Crippen LogP contribution in [0, 0.1) is 5.92 Å². The van der Waals surface area contributed by atoms with Crippen LogP contribution in [0.1, 0.15) is 57.1 Å². The van der Waals surface area contributed by atoms with Gasteiger partial charge in [0.05, 0.1) is 7.11 Å². The molecule has 2 rings (SSSR count). The number of nitrogens with one attached hydrogen (secondary N) is 1. The maximum atomic E-state index is 5.27. The third-order valence-corrected chi connectivity index (χ3v) is 4.31. The summed E-state index contributed by atoms with van der Waals surface area (Å²) in [6.07, 6.45) is 8.55. The van der Waals surface area contributed by atoms with Crippen LogP contribution in [-0.4, -0.2) is 13.7 Å². The van der Waals surface area contributed by atoms with Crippen molar-refractivity contribution in [3.63, 3.8) is 0 Å². The van der Waals surface area contributed by atoms with Crippen molar-refractivity contribution < 1.29 is 4.74 Å². The molecular weight excluding hydrogens is 234 g/mol. The fourth-order valence-corrected chi connectivity index (χ4v) is 3.04. The number of rotatable bonds is 7. The van der Waals surface area contributed by atoms with Crippen molar-refractivity contribution in [3.05, 3.63) is 29.8 Å². The van der Waals surface area contributed by atoms with Crippen LogP contribution in [0.25, 0.3) is 0 Å². The Kier molecular flexibility index (Phi) is 5.71. The van der Waals surface area contributed by atoms with Crippen LogP contribution in [0.5, 0.6) is 5.75 Å². The molecule has 2 heteroatoms. The third-order valence-electron chi connectivity index (χ3n) is 4.31. The van der Waals surface area contributed by atoms with Crippen LogP contribution in [0.15, 0.2) is 24.3 Å². The molecule has 19 heavy (non-hydrogen) atoms. The molecule has 1 aliphatic rings. The van der Waals surface area contributed by atoms with Gasteiger partial charge in [0.15, 0.2) is 0 Å². The third kappa shape index (κ3) is 4.54. The van der Waals surface area contributed by atoms with Crippen LogP contribution in [0.3, 0.4) is 0 Å². The molecule has 0 saturated heterocycles. The molecule has 0 amide bonds. The van der Waals surface area contributed by atoms with Gasteiger partial charge in [-0.3, -0.25) is 0 Å². The highest BCUT2D eigenvalue weighted by molar-refractivity contribution is 5.30. The number of benzene rings is 1. The lowest BCUT2D eigenvalue weighted by atomic mass is 10.0. The summed E-state index contributed by atoms with van der Waals surface area (Å²) in [4.78, 5) is 0. The van der Waals surface area contributed by atoms with Crippen LogP contribution in [0.4, 0.5) is 0 Å². The Morgan fingerprint density at radius 2 is 2.11 bits per heavy atom. The summed E-state index contributed by atoms with van der Waals surface area (Å²) in [6, 6.07) is 8.74. The van der Waals surface area contributed by atoms with Crippen LogP contribution >= 0.6 is 0 Å². The summed E-state index contributed by atoms with van der Waals surface area (Å²) in [5.74, 6) is 1.95.